The molecule has 4 N–H and O–H groups in total. The Morgan fingerprint density at radius 2 is 1.37 bits per heavy atom. The number of alkyl halides is 2. The number of H-pyrrole nitrogens is 2. The van der Waals surface area contributed by atoms with Gasteiger partial charge in [-0.2, -0.15) is 8.78 Å². The number of aromatic amines is 2. The summed E-state index contributed by atoms with van der Waals surface area (Å²) >= 11 is 0. The van der Waals surface area contributed by atoms with Crippen molar-refractivity contribution < 1.29 is 42.5 Å². The molecule has 0 bridgehead atoms. The van der Waals surface area contributed by atoms with Gasteiger partial charge in [0.15, 0.2) is 0 Å². The van der Waals surface area contributed by atoms with E-state index in [-0.39, 0.29) is 41.0 Å². The zero-order valence-electron chi connectivity index (χ0n) is 38.4. The Morgan fingerprint density at radius 3 is 2.01 bits per heavy atom. The number of likely N-dealkylation sites (N-methyl/N-ethyl adjacent to an activating group) is 1. The summed E-state index contributed by atoms with van der Waals surface area (Å²) in [5.41, 5.74) is 4.99. The van der Waals surface area contributed by atoms with Gasteiger partial charge in [0, 0.05) is 50.0 Å². The number of alkyl carbamates (subject to hydrolysis) is 1. The van der Waals surface area contributed by atoms with Crippen LogP contribution in [0.3, 0.4) is 0 Å². The van der Waals surface area contributed by atoms with E-state index in [1.165, 1.54) is 25.2 Å². The van der Waals surface area contributed by atoms with Crippen molar-refractivity contribution in [3.63, 3.8) is 0 Å². The Balaban J connectivity index is 0.893. The number of rotatable bonds is 12. The maximum Gasteiger partial charge on any atom is 0.409 e. The summed E-state index contributed by atoms with van der Waals surface area (Å²) in [7, 11) is 4.27. The zero-order chi connectivity index (χ0) is 47.1. The smallest absolute Gasteiger partial charge is 0.409 e. The highest BCUT2D eigenvalue weighted by Gasteiger charge is 2.46. The molecule has 3 aliphatic heterocycles. The van der Waals surface area contributed by atoms with E-state index >= 15 is 8.78 Å². The number of aliphatic hydroxyl groups excluding tert-OH is 1. The van der Waals surface area contributed by atoms with Gasteiger partial charge >= 0.3 is 12.2 Å². The maximum absolute atomic E-state index is 16.5. The van der Waals surface area contributed by atoms with E-state index < -0.39 is 36.4 Å². The van der Waals surface area contributed by atoms with E-state index in [2.05, 4.69) is 20.3 Å². The first-order valence-electron chi connectivity index (χ1n) is 23.1. The molecule has 354 valence electrons. The maximum atomic E-state index is 16.5. The fourth-order valence-electron chi connectivity index (χ4n) is 10.6. The van der Waals surface area contributed by atoms with Gasteiger partial charge in [0.2, 0.25) is 5.91 Å². The van der Waals surface area contributed by atoms with Gasteiger partial charge in [-0.15, -0.1) is 0 Å². The fraction of sp³-hybridized carbons (Fsp3) is 0.460. The number of hydrogen-bond donors (Lipinski definition) is 4. The van der Waals surface area contributed by atoms with Crippen LogP contribution in [0.15, 0.2) is 73.1 Å². The number of aromatic nitrogens is 4. The third kappa shape index (κ3) is 8.68. The minimum Gasteiger partial charge on any atom is -0.453 e. The second-order valence-corrected chi connectivity index (χ2v) is 18.4. The number of benzene rings is 3. The molecule has 3 aromatic carbocycles. The van der Waals surface area contributed by atoms with Gasteiger partial charge in [-0.25, -0.2) is 19.6 Å². The summed E-state index contributed by atoms with van der Waals surface area (Å²) in [5.74, 6) is -2.36. The van der Waals surface area contributed by atoms with E-state index in [9.17, 15) is 19.5 Å². The average Bonchev–Trinajstić information content (AvgIpc) is 4.21. The van der Waals surface area contributed by atoms with Crippen molar-refractivity contribution in [2.45, 2.75) is 88.7 Å². The van der Waals surface area contributed by atoms with E-state index in [0.717, 1.165) is 54.7 Å². The Bertz CT molecular complexity index is 2610. The topological polar surface area (TPSA) is 178 Å². The molecule has 9 rings (SSSR count). The molecule has 0 saturated carbocycles. The molecule has 5 aromatic rings. The average molecular weight is 921 g/mol. The van der Waals surface area contributed by atoms with Crippen molar-refractivity contribution in [3.05, 3.63) is 95.8 Å². The van der Waals surface area contributed by atoms with Crippen molar-refractivity contribution in [1.29, 1.82) is 0 Å². The first-order chi connectivity index (χ1) is 32.3. The summed E-state index contributed by atoms with van der Waals surface area (Å²) in [6, 6.07) is 16.1. The summed E-state index contributed by atoms with van der Waals surface area (Å²) in [6.07, 6.45) is 5.78. The number of amides is 3. The lowest BCUT2D eigenvalue weighted by molar-refractivity contribution is -0.135. The largest absolute Gasteiger partial charge is 0.453 e. The lowest BCUT2D eigenvalue weighted by atomic mass is 9.89. The Morgan fingerprint density at radius 1 is 0.806 bits per heavy atom. The Kier molecular flexibility index (Phi) is 12.9. The molecular formula is C50H58F2N8O7. The van der Waals surface area contributed by atoms with E-state index in [1.54, 1.807) is 42.5 Å². The molecule has 0 radical (unpaired) electrons. The van der Waals surface area contributed by atoms with Crippen molar-refractivity contribution in [3.8, 4) is 44.8 Å². The molecular weight excluding hydrogens is 863 g/mol. The van der Waals surface area contributed by atoms with Gasteiger partial charge in [0.25, 0.3) is 5.92 Å². The summed E-state index contributed by atoms with van der Waals surface area (Å²) < 4.78 is 48.4. The molecule has 5 heterocycles. The van der Waals surface area contributed by atoms with Gasteiger partial charge in [0.05, 0.1) is 56.1 Å². The number of carbonyl (C=O) groups is 3. The SMILES string of the molecule is COC(=O)NC(C(=O)N1CCC[C@H]1c1ncc(-c2ccc3c(c2)C(F)(F)c2cc(-c4ccc(-c5cnc([C@@H]6CCCN6C(O)C(C6CCOCC6)N(C)C(=O)OC)[nH]5)cc4)ccc2-3)[nH]1)C(C)C. The molecule has 3 fully saturated rings. The number of fused-ring (bicyclic) bond motifs is 3. The monoisotopic (exact) mass is 920 g/mol. The lowest BCUT2D eigenvalue weighted by Crippen LogP contribution is -2.56. The van der Waals surface area contributed by atoms with Crippen LogP contribution in [0.1, 0.15) is 87.2 Å². The van der Waals surface area contributed by atoms with Crippen molar-refractivity contribution in [2.75, 3.05) is 47.6 Å². The zero-order valence-corrected chi connectivity index (χ0v) is 38.4. The minimum atomic E-state index is -3.26. The lowest BCUT2D eigenvalue weighted by Gasteiger charge is -2.42. The normalized spacial score (nSPS) is 20.6. The number of carbonyl (C=O) groups excluding carboxylic acids is 3. The second kappa shape index (κ2) is 18.8. The molecule has 1 aliphatic carbocycles. The van der Waals surface area contributed by atoms with E-state index in [0.29, 0.717) is 66.5 Å². The number of nitrogens with zero attached hydrogens (tertiary/aromatic N) is 5. The van der Waals surface area contributed by atoms with Crippen LogP contribution in [-0.2, 0) is 24.9 Å². The number of hydrogen-bond acceptors (Lipinski definition) is 10. The van der Waals surface area contributed by atoms with Crippen LogP contribution in [-0.4, -0.2) is 124 Å². The van der Waals surface area contributed by atoms with Crippen molar-refractivity contribution in [2.24, 2.45) is 11.8 Å². The summed E-state index contributed by atoms with van der Waals surface area (Å²) in [6.45, 7) is 6.00. The number of methoxy groups -OCH3 is 2. The highest BCUT2D eigenvalue weighted by Crippen LogP contribution is 2.53. The highest BCUT2D eigenvalue weighted by atomic mass is 19.3. The first-order valence-corrected chi connectivity index (χ1v) is 23.1. The first kappa shape index (κ1) is 46.0. The molecule has 15 nitrogen and oxygen atoms in total. The molecule has 3 amide bonds. The Labute approximate surface area is 388 Å². The quantitative estimate of drug-likeness (QED) is 0.0953. The molecule has 0 spiro atoms. The number of ether oxygens (including phenoxy) is 3. The predicted molar refractivity (Wildman–Crippen MR) is 246 cm³/mol. The number of nitrogens with one attached hydrogen (secondary N) is 3. The van der Waals surface area contributed by atoms with Crippen molar-refractivity contribution >= 4 is 18.1 Å². The molecule has 3 saturated heterocycles. The second-order valence-electron chi connectivity index (χ2n) is 18.4. The van der Waals surface area contributed by atoms with Crippen LogP contribution >= 0.6 is 0 Å². The highest BCUT2D eigenvalue weighted by molar-refractivity contribution is 5.87. The molecule has 17 heteroatoms. The summed E-state index contributed by atoms with van der Waals surface area (Å²) in [4.78, 5) is 59.8. The molecule has 2 aromatic heterocycles. The van der Waals surface area contributed by atoms with Gasteiger partial charge in [-0.05, 0) is 90.3 Å². The number of aliphatic hydroxyl groups is 1. The van der Waals surface area contributed by atoms with Crippen molar-refractivity contribution in [1.82, 2.24) is 40.0 Å². The standard InChI is InChI=1S/C50H58F2N8O7/c1-28(2)42(57-48(63)65-4)46(61)59-20-6-8-40(59)44-54-27-39(56-44)33-15-17-35-34-16-14-32(24-36(34)50(51,52)37(35)25-33)29-10-12-30(13-11-29)38-26-53-45(55-38)41-9-7-21-60(41)47(62)43(58(3)49(64)66-5)31-18-22-67-23-19-31/h10-17,24-28,31,40-43,47,62H,6-9,18-23H2,1-5H3,(H,53,55)(H,54,56)(H,57,63)/t40-,41-,42?,43?,47?/m0/s1. The molecule has 67 heavy (non-hydrogen) atoms. The van der Waals surface area contributed by atoms with Crippen LogP contribution in [0, 0.1) is 11.8 Å². The van der Waals surface area contributed by atoms with Crippen LogP contribution in [0.25, 0.3) is 44.8 Å². The van der Waals surface area contributed by atoms with Crippen LogP contribution < -0.4 is 5.32 Å². The number of halogens is 2. The summed E-state index contributed by atoms with van der Waals surface area (Å²) in [5, 5.41) is 14.6. The van der Waals surface area contributed by atoms with Gasteiger partial charge in [-0.3, -0.25) is 9.69 Å². The molecule has 3 unspecified atom stereocenters. The predicted octanol–water partition coefficient (Wildman–Crippen LogP) is 8.25. The molecule has 5 atom stereocenters. The number of imidazole rings is 2. The van der Waals surface area contributed by atoms with E-state index in [1.807, 2.05) is 55.1 Å². The minimum absolute atomic E-state index is 0.0430. The van der Waals surface area contributed by atoms with E-state index in [4.69, 9.17) is 19.2 Å². The number of likely N-dealkylation sites (tertiary alicyclic amines) is 2. The third-order valence-electron chi connectivity index (χ3n) is 14.2. The Hall–Kier alpha value is -6.17. The van der Waals surface area contributed by atoms with Gasteiger partial charge < -0.3 is 44.4 Å². The molecule has 4 aliphatic rings. The third-order valence-corrected chi connectivity index (χ3v) is 14.2. The fourth-order valence-corrected chi connectivity index (χ4v) is 10.6. The van der Waals surface area contributed by atoms with Gasteiger partial charge in [0.1, 0.15) is 23.9 Å². The van der Waals surface area contributed by atoms with Crippen LogP contribution in [0.5, 0.6) is 0 Å². The van der Waals surface area contributed by atoms with Gasteiger partial charge in [-0.1, -0.05) is 62.4 Å². The van der Waals surface area contributed by atoms with Crippen LogP contribution in [0.2, 0.25) is 0 Å². The van der Waals surface area contributed by atoms with Crippen LogP contribution in [0.4, 0.5) is 18.4 Å².